The monoisotopic (exact) mass is 307 g/mol. The van der Waals surface area contributed by atoms with Gasteiger partial charge in [0.15, 0.2) is 6.29 Å². The van der Waals surface area contributed by atoms with Crippen LogP contribution < -0.4 is 5.73 Å². The van der Waals surface area contributed by atoms with Crippen LogP contribution in [0.15, 0.2) is 54.8 Å². The molecule has 0 spiro atoms. The summed E-state index contributed by atoms with van der Waals surface area (Å²) in [5, 5.41) is 0. The van der Waals surface area contributed by atoms with Gasteiger partial charge in [0, 0.05) is 29.9 Å². The van der Waals surface area contributed by atoms with Gasteiger partial charge < -0.3 is 10.6 Å². The Morgan fingerprint density at radius 1 is 1.43 bits per heavy atom. The minimum Gasteiger partial charge on any atom is -0.382 e. The highest BCUT2D eigenvalue weighted by Crippen LogP contribution is 2.30. The van der Waals surface area contributed by atoms with Crippen molar-refractivity contribution < 1.29 is 4.79 Å². The number of aldehydes is 1. The molecule has 116 valence electrons. The maximum Gasteiger partial charge on any atom is 0.166 e. The molecule has 1 aliphatic rings. The van der Waals surface area contributed by atoms with Gasteiger partial charge in [-0.1, -0.05) is 12.7 Å². The van der Waals surface area contributed by atoms with Crippen molar-refractivity contribution in [1.82, 2.24) is 19.3 Å². The number of carbonyl (C=O) groups excluding carboxylic acids is 1. The standard InChI is InChI=1S/C17H17N5O/c1-4-14(10-23)21-7-5-13(9-11(21)2)15-16-17(18)19-6-8-22(16)12(3)20-15/h4-10H,2H2,1,3H3,(H2,18,19)/b14-4-. The van der Waals surface area contributed by atoms with Crippen molar-refractivity contribution in [2.75, 3.05) is 5.73 Å². The number of imidazole rings is 1. The second kappa shape index (κ2) is 5.57. The summed E-state index contributed by atoms with van der Waals surface area (Å²) < 4.78 is 1.91. The number of aromatic nitrogens is 3. The summed E-state index contributed by atoms with van der Waals surface area (Å²) in [6, 6.07) is 0. The van der Waals surface area contributed by atoms with Crippen molar-refractivity contribution in [2.45, 2.75) is 13.8 Å². The van der Waals surface area contributed by atoms with E-state index in [1.54, 1.807) is 23.4 Å². The lowest BCUT2D eigenvalue weighted by Crippen LogP contribution is -2.17. The van der Waals surface area contributed by atoms with Crippen LogP contribution in [0.25, 0.3) is 11.1 Å². The Bertz CT molecular complexity index is 901. The Morgan fingerprint density at radius 3 is 2.87 bits per heavy atom. The zero-order chi connectivity index (χ0) is 16.6. The molecule has 6 heteroatoms. The molecule has 2 N–H and O–H groups in total. The number of rotatable bonds is 3. The predicted octanol–water partition coefficient (Wildman–Crippen LogP) is 2.45. The molecular formula is C17H17N5O. The van der Waals surface area contributed by atoms with Crippen molar-refractivity contribution in [3.05, 3.63) is 66.3 Å². The summed E-state index contributed by atoms with van der Waals surface area (Å²) in [4.78, 5) is 21.6. The molecule has 0 aliphatic carbocycles. The van der Waals surface area contributed by atoms with Crippen LogP contribution in [-0.4, -0.2) is 25.6 Å². The molecule has 0 saturated heterocycles. The Balaban J connectivity index is 2.09. The molecule has 0 atom stereocenters. The van der Waals surface area contributed by atoms with E-state index >= 15 is 0 Å². The minimum absolute atomic E-state index is 0.424. The third-order valence-electron chi connectivity index (χ3n) is 3.76. The van der Waals surface area contributed by atoms with E-state index < -0.39 is 0 Å². The third-order valence-corrected chi connectivity index (χ3v) is 3.76. The first-order valence-corrected chi connectivity index (χ1v) is 7.16. The number of anilines is 1. The summed E-state index contributed by atoms with van der Waals surface area (Å²) in [6.07, 6.45) is 11.6. The molecule has 0 unspecified atom stereocenters. The molecule has 0 radical (unpaired) electrons. The van der Waals surface area contributed by atoms with Crippen LogP contribution in [0, 0.1) is 6.92 Å². The Labute approximate surface area is 134 Å². The summed E-state index contributed by atoms with van der Waals surface area (Å²) in [5.74, 6) is 1.25. The van der Waals surface area contributed by atoms with Crippen LogP contribution in [-0.2, 0) is 4.79 Å². The number of hydrogen-bond acceptors (Lipinski definition) is 5. The van der Waals surface area contributed by atoms with Crippen molar-refractivity contribution >= 4 is 23.2 Å². The largest absolute Gasteiger partial charge is 0.382 e. The van der Waals surface area contributed by atoms with E-state index in [1.165, 1.54) is 0 Å². The van der Waals surface area contributed by atoms with Crippen molar-refractivity contribution in [3.63, 3.8) is 0 Å². The van der Waals surface area contributed by atoms with Crippen LogP contribution in [0.3, 0.4) is 0 Å². The van der Waals surface area contributed by atoms with Crippen LogP contribution in [0.5, 0.6) is 0 Å². The van der Waals surface area contributed by atoms with Crippen LogP contribution in [0.2, 0.25) is 0 Å². The number of hydrogen-bond donors (Lipinski definition) is 1. The molecule has 0 bridgehead atoms. The van der Waals surface area contributed by atoms with E-state index in [4.69, 9.17) is 5.73 Å². The average molecular weight is 307 g/mol. The smallest absolute Gasteiger partial charge is 0.166 e. The van der Waals surface area contributed by atoms with E-state index in [0.29, 0.717) is 17.2 Å². The molecule has 2 aromatic rings. The fourth-order valence-electron chi connectivity index (χ4n) is 2.63. The van der Waals surface area contributed by atoms with Crippen LogP contribution >= 0.6 is 0 Å². The van der Waals surface area contributed by atoms with Crippen molar-refractivity contribution in [2.24, 2.45) is 0 Å². The number of nitrogens with two attached hydrogens (primary N) is 1. The first-order valence-electron chi connectivity index (χ1n) is 7.16. The lowest BCUT2D eigenvalue weighted by Gasteiger charge is -2.24. The van der Waals surface area contributed by atoms with E-state index in [-0.39, 0.29) is 0 Å². The zero-order valence-electron chi connectivity index (χ0n) is 13.0. The fourth-order valence-corrected chi connectivity index (χ4v) is 2.63. The summed E-state index contributed by atoms with van der Waals surface area (Å²) in [6.45, 7) is 7.73. The van der Waals surface area contributed by atoms with Gasteiger partial charge in [0.25, 0.3) is 0 Å². The molecule has 3 heterocycles. The van der Waals surface area contributed by atoms with Gasteiger partial charge in [0.2, 0.25) is 0 Å². The van der Waals surface area contributed by atoms with Gasteiger partial charge in [-0.15, -0.1) is 0 Å². The Morgan fingerprint density at radius 2 is 2.22 bits per heavy atom. The van der Waals surface area contributed by atoms with E-state index in [0.717, 1.165) is 28.9 Å². The summed E-state index contributed by atoms with van der Waals surface area (Å²) >= 11 is 0. The SMILES string of the molecule is C=C1C=C(c2nc(C)n3ccnc(N)c23)C=CN1/C(C=O)=C\C. The van der Waals surface area contributed by atoms with Gasteiger partial charge in [0.05, 0.1) is 5.70 Å². The topological polar surface area (TPSA) is 76.5 Å². The molecule has 0 aromatic carbocycles. The molecule has 23 heavy (non-hydrogen) atoms. The maximum absolute atomic E-state index is 11.1. The molecule has 2 aromatic heterocycles. The third kappa shape index (κ3) is 2.34. The highest BCUT2D eigenvalue weighted by atomic mass is 16.1. The van der Waals surface area contributed by atoms with E-state index in [2.05, 4.69) is 16.5 Å². The minimum atomic E-state index is 0.424. The lowest BCUT2D eigenvalue weighted by atomic mass is 10.1. The maximum atomic E-state index is 11.1. The number of nitrogen functional groups attached to an aromatic ring is 1. The fraction of sp³-hybridized carbons (Fsp3) is 0.118. The molecule has 1 aliphatic heterocycles. The van der Waals surface area contributed by atoms with Gasteiger partial charge in [0.1, 0.15) is 22.9 Å². The number of fused-ring (bicyclic) bond motifs is 1. The average Bonchev–Trinajstić information content (AvgIpc) is 2.88. The second-order valence-corrected chi connectivity index (χ2v) is 5.15. The number of carbonyl (C=O) groups is 1. The van der Waals surface area contributed by atoms with Gasteiger partial charge in [-0.3, -0.25) is 9.20 Å². The quantitative estimate of drug-likeness (QED) is 0.696. The van der Waals surface area contributed by atoms with Gasteiger partial charge in [-0.05, 0) is 26.0 Å². The molecule has 3 rings (SSSR count). The molecule has 0 saturated carbocycles. The van der Waals surface area contributed by atoms with Crippen LogP contribution in [0.1, 0.15) is 18.4 Å². The van der Waals surface area contributed by atoms with Gasteiger partial charge >= 0.3 is 0 Å². The van der Waals surface area contributed by atoms with Gasteiger partial charge in [-0.2, -0.15) is 0 Å². The lowest BCUT2D eigenvalue weighted by molar-refractivity contribution is -0.105. The predicted molar refractivity (Wildman–Crippen MR) is 90.1 cm³/mol. The second-order valence-electron chi connectivity index (χ2n) is 5.15. The van der Waals surface area contributed by atoms with Crippen LogP contribution in [0.4, 0.5) is 5.82 Å². The number of nitrogens with zero attached hydrogens (tertiary/aromatic N) is 4. The summed E-state index contributed by atoms with van der Waals surface area (Å²) in [7, 11) is 0. The highest BCUT2D eigenvalue weighted by Gasteiger charge is 2.18. The normalized spacial score (nSPS) is 15.2. The first-order chi connectivity index (χ1) is 11.1. The highest BCUT2D eigenvalue weighted by molar-refractivity contribution is 5.89. The molecule has 0 amide bonds. The molecule has 0 fully saturated rings. The zero-order valence-corrected chi connectivity index (χ0v) is 13.0. The van der Waals surface area contributed by atoms with Crippen molar-refractivity contribution in [3.8, 4) is 0 Å². The summed E-state index contributed by atoms with van der Waals surface area (Å²) in [5.41, 5.74) is 9.63. The molecule has 6 nitrogen and oxygen atoms in total. The first kappa shape index (κ1) is 14.8. The number of aryl methyl sites for hydroxylation is 1. The van der Waals surface area contributed by atoms with Gasteiger partial charge in [-0.25, -0.2) is 9.97 Å². The van der Waals surface area contributed by atoms with E-state index in [1.807, 2.05) is 36.6 Å². The van der Waals surface area contributed by atoms with Crippen molar-refractivity contribution in [1.29, 1.82) is 0 Å². The molecular weight excluding hydrogens is 290 g/mol. The Hall–Kier alpha value is -3.15. The number of allylic oxidation sites excluding steroid dienone is 5. The van der Waals surface area contributed by atoms with E-state index in [9.17, 15) is 4.79 Å². The Kier molecular flexibility index (Phi) is 3.57.